The molecule has 0 saturated carbocycles. The zero-order valence-electron chi connectivity index (χ0n) is 18.7. The van der Waals surface area contributed by atoms with Gasteiger partial charge in [0.1, 0.15) is 11.6 Å². The largest absolute Gasteiger partial charge is 0.501 e. The Hall–Kier alpha value is -3.52. The topological polar surface area (TPSA) is 143 Å². The summed E-state index contributed by atoms with van der Waals surface area (Å²) in [7, 11) is 1.50. The van der Waals surface area contributed by atoms with E-state index in [-0.39, 0.29) is 30.2 Å². The smallest absolute Gasteiger partial charge is 0.490 e. The van der Waals surface area contributed by atoms with Crippen molar-refractivity contribution in [2.24, 2.45) is 7.05 Å². The number of carbonyl (C=O) groups excluding carboxylic acids is 1. The van der Waals surface area contributed by atoms with E-state index >= 15 is 0 Å². The standard InChI is InChI=1S/C19H23FN4O4.C2HF3O2/c1-3-28-13-8-14(21-10-13)17-23-15(16(25)19(27)24(17)2)18(26)22-9-11-4-6-12(20)7-5-11;3-2(4,5)1(6)7/h4-7,13-14,21,25H,3,8-10H2,1-2H3,(H,22,26);(H,6,7)/t13-,14+;/m1./s1. The second-order valence-corrected chi connectivity index (χ2v) is 7.42. The maximum Gasteiger partial charge on any atom is 0.490 e. The molecule has 0 aliphatic carbocycles. The van der Waals surface area contributed by atoms with Crippen molar-refractivity contribution in [2.75, 3.05) is 13.2 Å². The third kappa shape index (κ3) is 7.48. The molecule has 2 heterocycles. The van der Waals surface area contributed by atoms with Crippen LogP contribution in [0.1, 0.15) is 41.3 Å². The van der Waals surface area contributed by atoms with Crippen molar-refractivity contribution < 1.29 is 42.1 Å². The number of alkyl halides is 3. The number of ether oxygens (including phenoxy) is 1. The molecule has 2 atom stereocenters. The van der Waals surface area contributed by atoms with Gasteiger partial charge >= 0.3 is 12.1 Å². The number of nitrogens with one attached hydrogen (secondary N) is 2. The summed E-state index contributed by atoms with van der Waals surface area (Å²) in [6, 6.07) is 5.38. The van der Waals surface area contributed by atoms with E-state index in [1.807, 2.05) is 6.92 Å². The van der Waals surface area contributed by atoms with Crippen LogP contribution in [0.4, 0.5) is 17.6 Å². The van der Waals surface area contributed by atoms with Crippen molar-refractivity contribution in [3.8, 4) is 5.75 Å². The summed E-state index contributed by atoms with van der Waals surface area (Å²) in [5.41, 5.74) is -0.351. The summed E-state index contributed by atoms with van der Waals surface area (Å²) < 4.78 is 51.5. The van der Waals surface area contributed by atoms with Crippen molar-refractivity contribution in [1.29, 1.82) is 0 Å². The molecule has 14 heteroatoms. The molecule has 35 heavy (non-hydrogen) atoms. The lowest BCUT2D eigenvalue weighted by Gasteiger charge is -2.16. The van der Waals surface area contributed by atoms with Crippen LogP contribution in [0.3, 0.4) is 0 Å². The SMILES string of the molecule is CCO[C@H]1CN[C@H](c2nc(C(=O)NCc3ccc(F)cc3)c(O)c(=O)n2C)C1.O=C(O)C(F)(F)F. The first-order valence-electron chi connectivity index (χ1n) is 10.3. The fourth-order valence-corrected chi connectivity index (χ4v) is 3.21. The van der Waals surface area contributed by atoms with E-state index in [1.54, 1.807) is 0 Å². The quantitative estimate of drug-likeness (QED) is 0.435. The van der Waals surface area contributed by atoms with Gasteiger partial charge in [-0.1, -0.05) is 12.1 Å². The van der Waals surface area contributed by atoms with Gasteiger partial charge in [-0.2, -0.15) is 13.2 Å². The Morgan fingerprint density at radius 3 is 2.43 bits per heavy atom. The highest BCUT2D eigenvalue weighted by atomic mass is 19.4. The fraction of sp³-hybridized carbons (Fsp3) is 0.429. The lowest BCUT2D eigenvalue weighted by molar-refractivity contribution is -0.192. The number of carboxylic acid groups (broad SMARTS) is 1. The minimum atomic E-state index is -5.08. The number of hydrogen-bond acceptors (Lipinski definition) is 7. The van der Waals surface area contributed by atoms with E-state index in [1.165, 1.54) is 35.9 Å². The van der Waals surface area contributed by atoms with Crippen molar-refractivity contribution in [3.05, 3.63) is 57.5 Å². The Morgan fingerprint density at radius 1 is 1.29 bits per heavy atom. The molecule has 3 rings (SSSR count). The average molecular weight is 504 g/mol. The molecular weight excluding hydrogens is 480 g/mol. The van der Waals surface area contributed by atoms with Gasteiger partial charge < -0.3 is 25.6 Å². The summed E-state index contributed by atoms with van der Waals surface area (Å²) in [5, 5.41) is 23.1. The van der Waals surface area contributed by atoms with Gasteiger partial charge in [-0.05, 0) is 31.0 Å². The van der Waals surface area contributed by atoms with E-state index in [2.05, 4.69) is 15.6 Å². The predicted molar refractivity (Wildman–Crippen MR) is 113 cm³/mol. The first-order chi connectivity index (χ1) is 16.3. The highest BCUT2D eigenvalue weighted by Crippen LogP contribution is 2.24. The molecule has 1 aromatic carbocycles. The molecule has 1 fully saturated rings. The lowest BCUT2D eigenvalue weighted by Crippen LogP contribution is -2.32. The summed E-state index contributed by atoms with van der Waals surface area (Å²) >= 11 is 0. The molecule has 1 aromatic heterocycles. The van der Waals surface area contributed by atoms with E-state index in [0.29, 0.717) is 31.0 Å². The maximum atomic E-state index is 13.0. The number of amides is 1. The van der Waals surface area contributed by atoms with Gasteiger partial charge in [0.2, 0.25) is 5.75 Å². The van der Waals surface area contributed by atoms with E-state index in [4.69, 9.17) is 14.6 Å². The van der Waals surface area contributed by atoms with Crippen molar-refractivity contribution in [1.82, 2.24) is 20.2 Å². The Kier molecular flexibility index (Phi) is 9.31. The van der Waals surface area contributed by atoms with E-state index in [9.17, 15) is 32.3 Å². The average Bonchev–Trinajstić information content (AvgIpc) is 3.25. The molecule has 10 nitrogen and oxygen atoms in total. The van der Waals surface area contributed by atoms with Gasteiger partial charge in [0.15, 0.2) is 5.69 Å². The van der Waals surface area contributed by atoms with Crippen molar-refractivity contribution >= 4 is 11.9 Å². The Balaban J connectivity index is 0.000000540. The van der Waals surface area contributed by atoms with Crippen LogP contribution in [0.5, 0.6) is 5.75 Å². The summed E-state index contributed by atoms with van der Waals surface area (Å²) in [6.07, 6.45) is -4.48. The van der Waals surface area contributed by atoms with E-state index in [0.717, 1.165) is 0 Å². The minimum Gasteiger partial charge on any atom is -0.501 e. The lowest BCUT2D eigenvalue weighted by atomic mass is 10.1. The molecule has 0 unspecified atom stereocenters. The Morgan fingerprint density at radius 2 is 1.89 bits per heavy atom. The van der Waals surface area contributed by atoms with Crippen molar-refractivity contribution in [3.63, 3.8) is 0 Å². The molecular formula is C21H24F4N4O6. The first kappa shape index (κ1) is 27.7. The van der Waals surface area contributed by atoms with Crippen LogP contribution in [0.2, 0.25) is 0 Å². The third-order valence-electron chi connectivity index (χ3n) is 4.93. The van der Waals surface area contributed by atoms with Gasteiger partial charge in [-0.15, -0.1) is 0 Å². The highest BCUT2D eigenvalue weighted by molar-refractivity contribution is 5.94. The number of aromatic nitrogens is 2. The molecule has 2 aromatic rings. The van der Waals surface area contributed by atoms with Crippen LogP contribution in [0.25, 0.3) is 0 Å². The monoisotopic (exact) mass is 504 g/mol. The van der Waals surface area contributed by atoms with Gasteiger partial charge in [-0.3, -0.25) is 14.2 Å². The highest BCUT2D eigenvalue weighted by Gasteiger charge is 2.38. The summed E-state index contributed by atoms with van der Waals surface area (Å²) in [6.45, 7) is 3.21. The number of halogens is 4. The van der Waals surface area contributed by atoms with Crippen LogP contribution in [-0.4, -0.2) is 57.1 Å². The summed E-state index contributed by atoms with van der Waals surface area (Å²) in [5.74, 6) is -4.16. The summed E-state index contributed by atoms with van der Waals surface area (Å²) in [4.78, 5) is 38.0. The van der Waals surface area contributed by atoms with Crippen LogP contribution in [-0.2, 0) is 23.1 Å². The van der Waals surface area contributed by atoms with Gasteiger partial charge in [0, 0.05) is 26.7 Å². The molecule has 1 saturated heterocycles. The number of aromatic hydroxyl groups is 1. The number of aliphatic carboxylic acids is 1. The van der Waals surface area contributed by atoms with Crippen molar-refractivity contribution in [2.45, 2.75) is 38.2 Å². The molecule has 0 bridgehead atoms. The molecule has 1 aliphatic heterocycles. The van der Waals surface area contributed by atoms with Crippen LogP contribution < -0.4 is 16.2 Å². The number of carbonyl (C=O) groups is 2. The van der Waals surface area contributed by atoms with Crippen LogP contribution >= 0.6 is 0 Å². The molecule has 192 valence electrons. The molecule has 1 amide bonds. The van der Waals surface area contributed by atoms with Gasteiger partial charge in [0.05, 0.1) is 12.1 Å². The second-order valence-electron chi connectivity index (χ2n) is 7.42. The van der Waals surface area contributed by atoms with Crippen LogP contribution in [0.15, 0.2) is 29.1 Å². The zero-order valence-corrected chi connectivity index (χ0v) is 18.7. The first-order valence-corrected chi connectivity index (χ1v) is 10.3. The van der Waals surface area contributed by atoms with E-state index < -0.39 is 29.4 Å². The van der Waals surface area contributed by atoms with Gasteiger partial charge in [0.25, 0.3) is 11.5 Å². The minimum absolute atomic E-state index is 0.00328. The molecule has 0 radical (unpaired) electrons. The number of rotatable bonds is 6. The van der Waals surface area contributed by atoms with Gasteiger partial charge in [-0.25, -0.2) is 14.2 Å². The third-order valence-corrected chi connectivity index (χ3v) is 4.93. The molecule has 1 aliphatic rings. The fourth-order valence-electron chi connectivity index (χ4n) is 3.21. The number of carboxylic acids is 1. The molecule has 4 N–H and O–H groups in total. The van der Waals surface area contributed by atoms with Crippen LogP contribution in [0, 0.1) is 5.82 Å². The maximum absolute atomic E-state index is 13.0. The molecule has 0 spiro atoms. The number of benzene rings is 1. The Bertz CT molecular complexity index is 1100. The second kappa shape index (κ2) is 11.8. The normalized spacial score (nSPS) is 17.4. The number of nitrogens with zero attached hydrogens (tertiary/aromatic N) is 2. The predicted octanol–water partition coefficient (Wildman–Crippen LogP) is 1.63. The number of hydrogen-bond donors (Lipinski definition) is 4. The zero-order chi connectivity index (χ0) is 26.3. The Labute approximate surface area is 196 Å².